The average Bonchev–Trinajstić information content (AvgIpc) is 2.71. The number of carbonyl (C=O) groups is 2. The lowest BCUT2D eigenvalue weighted by Gasteiger charge is -2.05. The molecule has 0 saturated heterocycles. The lowest BCUT2D eigenvalue weighted by atomic mass is 10.1. The van der Waals surface area contributed by atoms with Crippen molar-refractivity contribution in [2.45, 2.75) is 6.92 Å². The number of esters is 1. The Hall–Kier alpha value is -2.17. The molecular formula is C13H11FO4. The average molecular weight is 250 g/mol. The summed E-state index contributed by atoms with van der Waals surface area (Å²) in [6, 6.07) is 5.51. The summed E-state index contributed by atoms with van der Waals surface area (Å²) in [6.07, 6.45) is 0. The highest BCUT2D eigenvalue weighted by molar-refractivity contribution is 6.24. The maximum Gasteiger partial charge on any atom is 0.345 e. The van der Waals surface area contributed by atoms with Crippen molar-refractivity contribution in [2.24, 2.45) is 0 Å². The van der Waals surface area contributed by atoms with Crippen molar-refractivity contribution in [3.63, 3.8) is 0 Å². The Morgan fingerprint density at radius 1 is 1.50 bits per heavy atom. The van der Waals surface area contributed by atoms with Gasteiger partial charge in [-0.2, -0.15) is 0 Å². The highest BCUT2D eigenvalue weighted by Gasteiger charge is 2.32. The summed E-state index contributed by atoms with van der Waals surface area (Å²) in [5.74, 6) is -1.57. The van der Waals surface area contributed by atoms with Crippen LogP contribution < -0.4 is 0 Å². The molecule has 0 N–H and O–H groups in total. The standard InChI is InChI=1S/C13H11FO4/c1-2-17-13(16)11-10(15)7-18-12(11)8-4-3-5-9(14)6-8/h3-6H,2,7H2,1H3. The molecule has 94 valence electrons. The van der Waals surface area contributed by atoms with Gasteiger partial charge < -0.3 is 9.47 Å². The Balaban J connectivity index is 2.45. The van der Waals surface area contributed by atoms with Crippen molar-refractivity contribution in [2.75, 3.05) is 13.2 Å². The summed E-state index contributed by atoms with van der Waals surface area (Å²) in [7, 11) is 0. The first-order valence-electron chi connectivity index (χ1n) is 5.46. The van der Waals surface area contributed by atoms with Crippen LogP contribution in [0.5, 0.6) is 0 Å². The Bertz CT molecular complexity index is 534. The van der Waals surface area contributed by atoms with E-state index in [-0.39, 0.29) is 24.5 Å². The number of hydrogen-bond acceptors (Lipinski definition) is 4. The zero-order valence-electron chi connectivity index (χ0n) is 9.73. The fourth-order valence-corrected chi connectivity index (χ4v) is 1.68. The Labute approximate surface area is 103 Å². The minimum absolute atomic E-state index is 0.0814. The van der Waals surface area contributed by atoms with Gasteiger partial charge in [-0.15, -0.1) is 0 Å². The molecular weight excluding hydrogens is 239 g/mol. The predicted octanol–water partition coefficient (Wildman–Crippen LogP) is 1.70. The monoisotopic (exact) mass is 250 g/mol. The number of ether oxygens (including phenoxy) is 2. The fourth-order valence-electron chi connectivity index (χ4n) is 1.68. The third kappa shape index (κ3) is 2.25. The number of ketones is 1. The molecule has 1 heterocycles. The van der Waals surface area contributed by atoms with Gasteiger partial charge in [-0.05, 0) is 19.1 Å². The number of benzene rings is 1. The molecule has 0 atom stereocenters. The van der Waals surface area contributed by atoms with E-state index in [1.54, 1.807) is 13.0 Å². The normalized spacial score (nSPS) is 14.7. The molecule has 1 aromatic rings. The summed E-state index contributed by atoms with van der Waals surface area (Å²) in [6.45, 7) is 1.58. The number of hydrogen-bond donors (Lipinski definition) is 0. The Kier molecular flexibility index (Phi) is 3.41. The number of Topliss-reactive ketones (excluding diaryl/α,β-unsaturated/α-hetero) is 1. The first-order chi connectivity index (χ1) is 8.63. The minimum atomic E-state index is -0.737. The van der Waals surface area contributed by atoms with Gasteiger partial charge in [0.1, 0.15) is 17.1 Å². The second-order valence-electron chi connectivity index (χ2n) is 3.65. The lowest BCUT2D eigenvalue weighted by molar-refractivity contribution is -0.139. The molecule has 0 amide bonds. The van der Waals surface area contributed by atoms with Gasteiger partial charge in [0, 0.05) is 5.56 Å². The molecule has 1 aliphatic rings. The molecule has 1 aromatic carbocycles. The van der Waals surface area contributed by atoms with Gasteiger partial charge in [0.25, 0.3) is 0 Å². The first kappa shape index (κ1) is 12.3. The van der Waals surface area contributed by atoms with Gasteiger partial charge >= 0.3 is 5.97 Å². The van der Waals surface area contributed by atoms with E-state index in [0.717, 1.165) is 0 Å². The van der Waals surface area contributed by atoms with Gasteiger partial charge in [-0.1, -0.05) is 12.1 Å². The lowest BCUT2D eigenvalue weighted by Crippen LogP contribution is -2.14. The Morgan fingerprint density at radius 3 is 2.94 bits per heavy atom. The highest BCUT2D eigenvalue weighted by Crippen LogP contribution is 2.27. The molecule has 2 rings (SSSR count). The third-order valence-electron chi connectivity index (χ3n) is 2.42. The van der Waals surface area contributed by atoms with E-state index in [4.69, 9.17) is 9.47 Å². The second-order valence-corrected chi connectivity index (χ2v) is 3.65. The molecule has 0 bridgehead atoms. The molecule has 0 unspecified atom stereocenters. The molecule has 5 heteroatoms. The van der Waals surface area contributed by atoms with E-state index in [1.807, 2.05) is 0 Å². The topological polar surface area (TPSA) is 52.6 Å². The van der Waals surface area contributed by atoms with E-state index in [1.165, 1.54) is 18.2 Å². The molecule has 0 saturated carbocycles. The summed E-state index contributed by atoms with van der Waals surface area (Å²) >= 11 is 0. The van der Waals surface area contributed by atoms with Crippen molar-refractivity contribution < 1.29 is 23.5 Å². The second kappa shape index (κ2) is 5.00. The van der Waals surface area contributed by atoms with Crippen LogP contribution in [0.25, 0.3) is 5.76 Å². The summed E-state index contributed by atoms with van der Waals surface area (Å²) in [5, 5.41) is 0. The van der Waals surface area contributed by atoms with Crippen molar-refractivity contribution in [3.8, 4) is 0 Å². The van der Waals surface area contributed by atoms with Crippen molar-refractivity contribution in [1.29, 1.82) is 0 Å². The maximum absolute atomic E-state index is 13.1. The summed E-state index contributed by atoms with van der Waals surface area (Å²) in [5.41, 5.74) is 0.200. The number of halogens is 1. The maximum atomic E-state index is 13.1. The van der Waals surface area contributed by atoms with E-state index in [0.29, 0.717) is 5.56 Å². The van der Waals surface area contributed by atoms with Gasteiger partial charge in [0.05, 0.1) is 6.61 Å². The van der Waals surface area contributed by atoms with Gasteiger partial charge in [-0.25, -0.2) is 9.18 Å². The van der Waals surface area contributed by atoms with Crippen molar-refractivity contribution in [1.82, 2.24) is 0 Å². The van der Waals surface area contributed by atoms with Crippen LogP contribution in [0.1, 0.15) is 12.5 Å². The van der Waals surface area contributed by atoms with Gasteiger partial charge in [-0.3, -0.25) is 4.79 Å². The van der Waals surface area contributed by atoms with Crippen LogP contribution in [0, 0.1) is 5.82 Å². The van der Waals surface area contributed by atoms with Crippen LogP contribution in [-0.4, -0.2) is 25.0 Å². The Morgan fingerprint density at radius 2 is 2.28 bits per heavy atom. The molecule has 18 heavy (non-hydrogen) atoms. The largest absolute Gasteiger partial charge is 0.484 e. The van der Waals surface area contributed by atoms with Crippen LogP contribution >= 0.6 is 0 Å². The molecule has 0 aliphatic carbocycles. The van der Waals surface area contributed by atoms with Crippen LogP contribution in [0.3, 0.4) is 0 Å². The summed E-state index contributed by atoms with van der Waals surface area (Å²) in [4.78, 5) is 23.2. The molecule has 0 radical (unpaired) electrons. The zero-order chi connectivity index (χ0) is 13.1. The predicted molar refractivity (Wildman–Crippen MR) is 60.9 cm³/mol. The first-order valence-corrected chi connectivity index (χ1v) is 5.46. The van der Waals surface area contributed by atoms with Gasteiger partial charge in [0.2, 0.25) is 5.78 Å². The van der Waals surface area contributed by atoms with Gasteiger partial charge in [0.15, 0.2) is 6.61 Å². The van der Waals surface area contributed by atoms with E-state index in [9.17, 15) is 14.0 Å². The van der Waals surface area contributed by atoms with Crippen molar-refractivity contribution >= 4 is 17.5 Å². The smallest absolute Gasteiger partial charge is 0.345 e. The summed E-state index contributed by atoms with van der Waals surface area (Å²) < 4.78 is 23.1. The van der Waals surface area contributed by atoms with Crippen molar-refractivity contribution in [3.05, 3.63) is 41.2 Å². The van der Waals surface area contributed by atoms with Crippen LogP contribution in [0.15, 0.2) is 29.8 Å². The highest BCUT2D eigenvalue weighted by atomic mass is 19.1. The number of rotatable bonds is 3. The third-order valence-corrected chi connectivity index (χ3v) is 2.42. The quantitative estimate of drug-likeness (QED) is 0.605. The van der Waals surface area contributed by atoms with Crippen LogP contribution in [0.2, 0.25) is 0 Å². The van der Waals surface area contributed by atoms with E-state index in [2.05, 4.69) is 0 Å². The molecule has 0 aromatic heterocycles. The van der Waals surface area contributed by atoms with Crippen LogP contribution in [0.4, 0.5) is 4.39 Å². The molecule has 0 fully saturated rings. The minimum Gasteiger partial charge on any atom is -0.484 e. The zero-order valence-corrected chi connectivity index (χ0v) is 9.73. The van der Waals surface area contributed by atoms with Crippen LogP contribution in [-0.2, 0) is 19.1 Å². The molecule has 1 aliphatic heterocycles. The SMILES string of the molecule is CCOC(=O)C1=C(c2cccc(F)c2)OCC1=O. The van der Waals surface area contributed by atoms with E-state index < -0.39 is 17.6 Å². The number of carbonyl (C=O) groups excluding carboxylic acids is 2. The molecule has 0 spiro atoms. The van der Waals surface area contributed by atoms with E-state index >= 15 is 0 Å². The molecule has 4 nitrogen and oxygen atoms in total. The fraction of sp³-hybridized carbons (Fsp3) is 0.231.